The van der Waals surface area contributed by atoms with Gasteiger partial charge >= 0.3 is 0 Å². The number of hydrogen-bond acceptors (Lipinski definition) is 1. The molecule has 1 heterocycles. The van der Waals surface area contributed by atoms with E-state index in [9.17, 15) is 0 Å². The van der Waals surface area contributed by atoms with Gasteiger partial charge in [0.1, 0.15) is 0 Å². The second-order valence-electron chi connectivity index (χ2n) is 3.75. The van der Waals surface area contributed by atoms with Crippen molar-refractivity contribution in [1.82, 2.24) is 4.57 Å². The second kappa shape index (κ2) is 4.54. The van der Waals surface area contributed by atoms with Gasteiger partial charge in [0, 0.05) is 36.2 Å². The molecule has 0 saturated heterocycles. The molecule has 0 saturated carbocycles. The molecule has 2 rings (SSSR count). The maximum atomic E-state index is 6.02. The second-order valence-corrected chi connectivity index (χ2v) is 4.16. The Morgan fingerprint density at radius 2 is 2.12 bits per heavy atom. The zero-order valence-corrected chi connectivity index (χ0v) is 10.1. The van der Waals surface area contributed by atoms with Crippen molar-refractivity contribution in [2.45, 2.75) is 6.92 Å². The SMILES string of the molecule is Cc1c(Cl)cccc1N=Cc1ccn(C)c1. The molecule has 16 heavy (non-hydrogen) atoms. The molecule has 0 radical (unpaired) electrons. The summed E-state index contributed by atoms with van der Waals surface area (Å²) in [6.45, 7) is 1.97. The molecule has 0 N–H and O–H groups in total. The zero-order chi connectivity index (χ0) is 11.5. The number of aliphatic imine (C=N–C) groups is 1. The molecule has 0 bridgehead atoms. The third-order valence-electron chi connectivity index (χ3n) is 2.45. The van der Waals surface area contributed by atoms with Crippen LogP contribution in [-0.4, -0.2) is 10.8 Å². The van der Waals surface area contributed by atoms with E-state index in [1.165, 1.54) is 0 Å². The summed E-state index contributed by atoms with van der Waals surface area (Å²) in [6.07, 6.45) is 5.86. The third kappa shape index (κ3) is 2.34. The summed E-state index contributed by atoms with van der Waals surface area (Å²) in [5, 5.41) is 0.753. The lowest BCUT2D eigenvalue weighted by atomic mass is 10.2. The van der Waals surface area contributed by atoms with Crippen LogP contribution in [0.1, 0.15) is 11.1 Å². The van der Waals surface area contributed by atoms with Crippen LogP contribution in [0.25, 0.3) is 0 Å². The molecule has 0 aliphatic heterocycles. The first-order valence-electron chi connectivity index (χ1n) is 5.08. The summed E-state index contributed by atoms with van der Waals surface area (Å²) in [5.74, 6) is 0. The average molecular weight is 233 g/mol. The fourth-order valence-corrected chi connectivity index (χ4v) is 1.65. The molecular formula is C13H13ClN2. The quantitative estimate of drug-likeness (QED) is 0.702. The van der Waals surface area contributed by atoms with E-state index in [0.29, 0.717) is 0 Å². The van der Waals surface area contributed by atoms with E-state index < -0.39 is 0 Å². The topological polar surface area (TPSA) is 17.3 Å². The van der Waals surface area contributed by atoms with Crippen molar-refractivity contribution in [3.63, 3.8) is 0 Å². The van der Waals surface area contributed by atoms with Crippen molar-refractivity contribution >= 4 is 23.5 Å². The minimum absolute atomic E-state index is 0.753. The number of aromatic nitrogens is 1. The Labute approximate surface area is 100 Å². The molecule has 0 spiro atoms. The van der Waals surface area contributed by atoms with Gasteiger partial charge in [0.25, 0.3) is 0 Å². The number of benzene rings is 1. The molecule has 2 nitrogen and oxygen atoms in total. The summed E-state index contributed by atoms with van der Waals surface area (Å²) in [5.41, 5.74) is 3.01. The molecule has 82 valence electrons. The Bertz CT molecular complexity index is 526. The van der Waals surface area contributed by atoms with Crippen LogP contribution >= 0.6 is 11.6 Å². The first kappa shape index (κ1) is 11.0. The van der Waals surface area contributed by atoms with Gasteiger partial charge in [-0.3, -0.25) is 4.99 Å². The van der Waals surface area contributed by atoms with Crippen LogP contribution in [0.15, 0.2) is 41.7 Å². The predicted molar refractivity (Wildman–Crippen MR) is 68.9 cm³/mol. The Kier molecular flexibility index (Phi) is 3.11. The van der Waals surface area contributed by atoms with Crippen molar-refractivity contribution in [2.24, 2.45) is 12.0 Å². The van der Waals surface area contributed by atoms with E-state index in [4.69, 9.17) is 11.6 Å². The number of aryl methyl sites for hydroxylation is 1. The molecule has 0 atom stereocenters. The van der Waals surface area contributed by atoms with Crippen LogP contribution in [0.5, 0.6) is 0 Å². The van der Waals surface area contributed by atoms with Gasteiger partial charge in [0.2, 0.25) is 0 Å². The van der Waals surface area contributed by atoms with E-state index in [2.05, 4.69) is 4.99 Å². The van der Waals surface area contributed by atoms with Gasteiger partial charge in [-0.05, 0) is 30.7 Å². The lowest BCUT2D eigenvalue weighted by Crippen LogP contribution is -1.81. The highest BCUT2D eigenvalue weighted by Gasteiger charge is 1.99. The van der Waals surface area contributed by atoms with E-state index in [1.54, 1.807) is 0 Å². The van der Waals surface area contributed by atoms with Crippen LogP contribution in [-0.2, 0) is 7.05 Å². The Hall–Kier alpha value is -1.54. The number of hydrogen-bond donors (Lipinski definition) is 0. The van der Waals surface area contributed by atoms with Crippen molar-refractivity contribution in [3.8, 4) is 0 Å². The average Bonchev–Trinajstić information content (AvgIpc) is 2.67. The minimum atomic E-state index is 0.753. The molecule has 0 fully saturated rings. The smallest absolute Gasteiger partial charge is 0.0673 e. The van der Waals surface area contributed by atoms with Gasteiger partial charge < -0.3 is 4.57 Å². The van der Waals surface area contributed by atoms with Crippen molar-refractivity contribution < 1.29 is 0 Å². The van der Waals surface area contributed by atoms with Crippen LogP contribution in [0, 0.1) is 6.92 Å². The highest BCUT2D eigenvalue weighted by molar-refractivity contribution is 6.31. The summed E-state index contributed by atoms with van der Waals surface area (Å²) in [7, 11) is 1.99. The van der Waals surface area contributed by atoms with Gasteiger partial charge in [-0.15, -0.1) is 0 Å². The van der Waals surface area contributed by atoms with Gasteiger partial charge in [-0.1, -0.05) is 17.7 Å². The monoisotopic (exact) mass is 232 g/mol. The van der Waals surface area contributed by atoms with Crippen molar-refractivity contribution in [2.75, 3.05) is 0 Å². The number of nitrogens with zero attached hydrogens (tertiary/aromatic N) is 2. The van der Waals surface area contributed by atoms with Crippen LogP contribution in [0.3, 0.4) is 0 Å². The molecule has 0 amide bonds. The summed E-state index contributed by atoms with van der Waals surface area (Å²) in [6, 6.07) is 7.76. The molecule has 0 aliphatic carbocycles. The molecule has 0 aliphatic rings. The van der Waals surface area contributed by atoms with Crippen molar-refractivity contribution in [3.05, 3.63) is 52.8 Å². The first-order chi connectivity index (χ1) is 7.66. The van der Waals surface area contributed by atoms with Gasteiger partial charge in [-0.2, -0.15) is 0 Å². The molecule has 1 aromatic heterocycles. The molecule has 3 heteroatoms. The Morgan fingerprint density at radius 3 is 2.81 bits per heavy atom. The fourth-order valence-electron chi connectivity index (χ4n) is 1.48. The fraction of sp³-hybridized carbons (Fsp3) is 0.154. The summed E-state index contributed by atoms with van der Waals surface area (Å²) in [4.78, 5) is 4.43. The van der Waals surface area contributed by atoms with E-state index in [0.717, 1.165) is 21.8 Å². The molecule has 0 unspecified atom stereocenters. The zero-order valence-electron chi connectivity index (χ0n) is 9.31. The Morgan fingerprint density at radius 1 is 1.31 bits per heavy atom. The van der Waals surface area contributed by atoms with Gasteiger partial charge in [0.15, 0.2) is 0 Å². The highest BCUT2D eigenvalue weighted by Crippen LogP contribution is 2.25. The normalized spacial score (nSPS) is 11.2. The maximum Gasteiger partial charge on any atom is 0.0673 e. The number of rotatable bonds is 2. The van der Waals surface area contributed by atoms with E-state index in [1.807, 2.05) is 61.4 Å². The standard InChI is InChI=1S/C13H13ClN2/c1-10-12(14)4-3-5-13(10)15-8-11-6-7-16(2)9-11/h3-9H,1-2H3. The largest absolute Gasteiger partial charge is 0.357 e. The van der Waals surface area contributed by atoms with Crippen LogP contribution in [0.2, 0.25) is 5.02 Å². The van der Waals surface area contributed by atoms with E-state index in [-0.39, 0.29) is 0 Å². The lowest BCUT2D eigenvalue weighted by molar-refractivity contribution is 0.927. The highest BCUT2D eigenvalue weighted by atomic mass is 35.5. The van der Waals surface area contributed by atoms with Gasteiger partial charge in [-0.25, -0.2) is 0 Å². The number of halogens is 1. The Balaban J connectivity index is 2.27. The lowest BCUT2D eigenvalue weighted by Gasteiger charge is -2.00. The molecule has 2 aromatic rings. The maximum absolute atomic E-state index is 6.02. The predicted octanol–water partition coefficient (Wildman–Crippen LogP) is 3.74. The van der Waals surface area contributed by atoms with Crippen LogP contribution < -0.4 is 0 Å². The van der Waals surface area contributed by atoms with Crippen molar-refractivity contribution in [1.29, 1.82) is 0 Å². The molecular weight excluding hydrogens is 220 g/mol. The van der Waals surface area contributed by atoms with E-state index >= 15 is 0 Å². The van der Waals surface area contributed by atoms with Gasteiger partial charge in [0.05, 0.1) is 5.69 Å². The summed E-state index contributed by atoms with van der Waals surface area (Å²) >= 11 is 6.02. The summed E-state index contributed by atoms with van der Waals surface area (Å²) < 4.78 is 1.99. The third-order valence-corrected chi connectivity index (χ3v) is 2.86. The molecule has 1 aromatic carbocycles. The first-order valence-corrected chi connectivity index (χ1v) is 5.46. The minimum Gasteiger partial charge on any atom is -0.357 e. The van der Waals surface area contributed by atoms with Crippen LogP contribution in [0.4, 0.5) is 5.69 Å².